The largest absolute Gasteiger partial charge is 0.482 e. The average molecular weight is 364 g/mol. The van der Waals surface area contributed by atoms with Crippen molar-refractivity contribution in [2.75, 3.05) is 6.26 Å². The van der Waals surface area contributed by atoms with E-state index in [0.717, 1.165) is 18.2 Å². The molecule has 1 aliphatic heterocycles. The zero-order valence-electron chi connectivity index (χ0n) is 14.6. The SMILES string of the molecule is CCCc1cc(=O)oc2cc(OS(C)(=O)=O)c3c(c12)OC(C)(C)C=C3. The predicted molar refractivity (Wildman–Crippen MR) is 95.7 cm³/mol. The first-order chi connectivity index (χ1) is 11.6. The second-order valence-electron chi connectivity index (χ2n) is 6.66. The van der Waals surface area contributed by atoms with E-state index < -0.39 is 21.3 Å². The third-order valence-corrected chi connectivity index (χ3v) is 4.33. The summed E-state index contributed by atoms with van der Waals surface area (Å²) in [5, 5.41) is 0.676. The number of ether oxygens (including phenoxy) is 1. The molecule has 0 bridgehead atoms. The van der Waals surface area contributed by atoms with Crippen molar-refractivity contribution in [1.29, 1.82) is 0 Å². The summed E-state index contributed by atoms with van der Waals surface area (Å²) in [5.74, 6) is 0.546. The molecule has 0 aliphatic carbocycles. The van der Waals surface area contributed by atoms with E-state index in [2.05, 4.69) is 0 Å². The smallest absolute Gasteiger partial charge is 0.336 e. The molecule has 6 nitrogen and oxygen atoms in total. The number of aryl methyl sites for hydroxylation is 1. The van der Waals surface area contributed by atoms with E-state index in [1.54, 1.807) is 6.08 Å². The summed E-state index contributed by atoms with van der Waals surface area (Å²) in [6.45, 7) is 5.79. The lowest BCUT2D eigenvalue weighted by molar-refractivity contribution is 0.161. The minimum Gasteiger partial charge on any atom is -0.482 e. The number of hydrogen-bond acceptors (Lipinski definition) is 6. The molecule has 0 saturated heterocycles. The highest BCUT2D eigenvalue weighted by molar-refractivity contribution is 7.86. The summed E-state index contributed by atoms with van der Waals surface area (Å²) in [6.07, 6.45) is 6.08. The van der Waals surface area contributed by atoms with Gasteiger partial charge in [0.25, 0.3) is 0 Å². The molecule has 0 saturated carbocycles. The minimum atomic E-state index is -3.75. The van der Waals surface area contributed by atoms with Crippen LogP contribution in [0.5, 0.6) is 11.5 Å². The maximum atomic E-state index is 11.9. The molecule has 3 rings (SSSR count). The van der Waals surface area contributed by atoms with Gasteiger partial charge in [-0.15, -0.1) is 0 Å². The lowest BCUT2D eigenvalue weighted by Gasteiger charge is -2.30. The Hall–Kier alpha value is -2.28. The van der Waals surface area contributed by atoms with Crippen LogP contribution in [0.4, 0.5) is 0 Å². The quantitative estimate of drug-likeness (QED) is 0.612. The molecular formula is C18H20O6S. The van der Waals surface area contributed by atoms with Gasteiger partial charge >= 0.3 is 15.7 Å². The number of rotatable bonds is 4. The van der Waals surface area contributed by atoms with Gasteiger partial charge in [-0.05, 0) is 38.0 Å². The highest BCUT2D eigenvalue weighted by atomic mass is 32.2. The van der Waals surface area contributed by atoms with Crippen molar-refractivity contribution in [3.63, 3.8) is 0 Å². The van der Waals surface area contributed by atoms with E-state index in [0.29, 0.717) is 23.1 Å². The molecule has 7 heteroatoms. The fraction of sp³-hybridized carbons (Fsp3) is 0.389. The first-order valence-corrected chi connectivity index (χ1v) is 9.83. The van der Waals surface area contributed by atoms with Gasteiger partial charge in [-0.25, -0.2) is 4.79 Å². The van der Waals surface area contributed by atoms with Crippen LogP contribution in [0, 0.1) is 0 Å². The van der Waals surface area contributed by atoms with Crippen LogP contribution in [-0.4, -0.2) is 20.3 Å². The first kappa shape index (κ1) is 17.5. The molecule has 25 heavy (non-hydrogen) atoms. The van der Waals surface area contributed by atoms with Crippen molar-refractivity contribution in [3.05, 3.63) is 39.8 Å². The van der Waals surface area contributed by atoms with E-state index >= 15 is 0 Å². The van der Waals surface area contributed by atoms with E-state index in [9.17, 15) is 13.2 Å². The van der Waals surface area contributed by atoms with Crippen LogP contribution in [0.25, 0.3) is 17.0 Å². The Labute approximate surface area is 146 Å². The molecule has 0 amide bonds. The van der Waals surface area contributed by atoms with E-state index in [1.807, 2.05) is 26.8 Å². The maximum Gasteiger partial charge on any atom is 0.336 e. The molecule has 0 atom stereocenters. The summed E-state index contributed by atoms with van der Waals surface area (Å²) in [7, 11) is -3.75. The van der Waals surface area contributed by atoms with Crippen molar-refractivity contribution in [2.45, 2.75) is 39.2 Å². The molecule has 0 spiro atoms. The van der Waals surface area contributed by atoms with Gasteiger partial charge in [0.15, 0.2) is 5.75 Å². The van der Waals surface area contributed by atoms with Crippen molar-refractivity contribution in [1.82, 2.24) is 0 Å². The highest BCUT2D eigenvalue weighted by Gasteiger charge is 2.29. The van der Waals surface area contributed by atoms with Gasteiger partial charge in [0.2, 0.25) is 0 Å². The van der Waals surface area contributed by atoms with E-state index in [-0.39, 0.29) is 11.3 Å². The van der Waals surface area contributed by atoms with Gasteiger partial charge in [-0.1, -0.05) is 13.3 Å². The van der Waals surface area contributed by atoms with Gasteiger partial charge in [0.05, 0.1) is 17.2 Å². The van der Waals surface area contributed by atoms with Crippen molar-refractivity contribution in [2.24, 2.45) is 0 Å². The maximum absolute atomic E-state index is 11.9. The zero-order chi connectivity index (χ0) is 18.4. The second-order valence-corrected chi connectivity index (χ2v) is 8.23. The number of benzene rings is 1. The van der Waals surface area contributed by atoms with Crippen LogP contribution in [0.3, 0.4) is 0 Å². The Kier molecular flexibility index (Phi) is 4.15. The molecule has 0 fully saturated rings. The molecular weight excluding hydrogens is 344 g/mol. The zero-order valence-corrected chi connectivity index (χ0v) is 15.4. The van der Waals surface area contributed by atoms with Gasteiger partial charge < -0.3 is 13.3 Å². The second kappa shape index (κ2) is 5.91. The topological polar surface area (TPSA) is 82.8 Å². The van der Waals surface area contributed by atoms with Gasteiger partial charge in [0.1, 0.15) is 16.9 Å². The minimum absolute atomic E-state index is 0.0774. The van der Waals surface area contributed by atoms with Crippen molar-refractivity contribution < 1.29 is 21.8 Å². The van der Waals surface area contributed by atoms with E-state index in [4.69, 9.17) is 13.3 Å². The van der Waals surface area contributed by atoms with Crippen LogP contribution in [0.1, 0.15) is 38.3 Å². The lowest BCUT2D eigenvalue weighted by atomic mass is 9.96. The third kappa shape index (κ3) is 3.56. The molecule has 2 heterocycles. The normalized spacial score (nSPS) is 15.7. The van der Waals surface area contributed by atoms with Gasteiger partial charge in [-0.3, -0.25) is 0 Å². The fourth-order valence-electron chi connectivity index (χ4n) is 2.91. The Morgan fingerprint density at radius 3 is 2.60 bits per heavy atom. The Balaban J connectivity index is 2.40. The molecule has 0 unspecified atom stereocenters. The molecule has 1 aromatic carbocycles. The molecule has 134 valence electrons. The third-order valence-electron chi connectivity index (χ3n) is 3.85. The summed E-state index contributed by atoms with van der Waals surface area (Å²) >= 11 is 0. The average Bonchev–Trinajstić information content (AvgIpc) is 2.43. The van der Waals surface area contributed by atoms with Crippen LogP contribution in [0.2, 0.25) is 0 Å². The molecule has 1 aliphatic rings. The van der Waals surface area contributed by atoms with Gasteiger partial charge in [-0.2, -0.15) is 8.42 Å². The molecule has 1 aromatic heterocycles. The molecule has 0 radical (unpaired) electrons. The number of fused-ring (bicyclic) bond motifs is 3. The van der Waals surface area contributed by atoms with Crippen LogP contribution >= 0.6 is 0 Å². The monoisotopic (exact) mass is 364 g/mol. The van der Waals surface area contributed by atoms with Crippen molar-refractivity contribution >= 4 is 27.2 Å². The fourth-order valence-corrected chi connectivity index (χ4v) is 3.37. The predicted octanol–water partition coefficient (Wildman–Crippen LogP) is 3.27. The summed E-state index contributed by atoms with van der Waals surface area (Å²) < 4.78 is 39.7. The van der Waals surface area contributed by atoms with Gasteiger partial charge in [0, 0.05) is 12.1 Å². The standard InChI is InChI=1S/C18H20O6S/c1-5-6-11-9-15(19)22-14-10-13(24-25(4,20)21)12-7-8-18(2,3)23-17(12)16(11)14/h7-10H,5-6H2,1-4H3. The molecule has 2 aromatic rings. The molecule has 0 N–H and O–H groups in total. The summed E-state index contributed by atoms with van der Waals surface area (Å²) in [5.41, 5.74) is 0.500. The Morgan fingerprint density at radius 1 is 1.24 bits per heavy atom. The Bertz CT molecular complexity index is 1030. The summed E-state index contributed by atoms with van der Waals surface area (Å²) in [4.78, 5) is 11.9. The lowest BCUT2D eigenvalue weighted by Crippen LogP contribution is -2.28. The van der Waals surface area contributed by atoms with E-state index in [1.165, 1.54) is 12.1 Å². The van der Waals surface area contributed by atoms with Crippen LogP contribution in [0.15, 0.2) is 27.4 Å². The van der Waals surface area contributed by atoms with Crippen molar-refractivity contribution in [3.8, 4) is 11.5 Å². The highest BCUT2D eigenvalue weighted by Crippen LogP contribution is 2.44. The van der Waals surface area contributed by atoms with Crippen LogP contribution < -0.4 is 14.5 Å². The van der Waals surface area contributed by atoms with Crippen LogP contribution in [-0.2, 0) is 16.5 Å². The first-order valence-electron chi connectivity index (χ1n) is 8.01. The Morgan fingerprint density at radius 2 is 1.96 bits per heavy atom. The summed E-state index contributed by atoms with van der Waals surface area (Å²) in [6, 6.07) is 2.89. The number of hydrogen-bond donors (Lipinski definition) is 0.